The summed E-state index contributed by atoms with van der Waals surface area (Å²) in [5.74, 6) is -0.124. The van der Waals surface area contributed by atoms with Gasteiger partial charge in [-0.05, 0) is 48.1 Å². The number of aromatic nitrogens is 3. The third-order valence-electron chi connectivity index (χ3n) is 4.77. The molecule has 2 aromatic heterocycles. The Morgan fingerprint density at radius 3 is 2.68 bits per heavy atom. The Hall–Kier alpha value is -2.77. The molecule has 4 rings (SSSR count). The lowest BCUT2D eigenvalue weighted by Crippen LogP contribution is -2.30. The number of anilines is 1. The molecule has 0 fully saturated rings. The van der Waals surface area contributed by atoms with Crippen LogP contribution in [-0.2, 0) is 19.5 Å². The number of benzene rings is 1. The minimum absolute atomic E-state index is 0.124. The minimum Gasteiger partial charge on any atom is -0.322 e. The molecule has 0 bridgehead atoms. The molecule has 0 atom stereocenters. The van der Waals surface area contributed by atoms with Crippen LogP contribution in [0.3, 0.4) is 0 Å². The second kappa shape index (κ2) is 8.50. The zero-order valence-corrected chi connectivity index (χ0v) is 16.4. The first kappa shape index (κ1) is 18.6. The summed E-state index contributed by atoms with van der Waals surface area (Å²) in [5.41, 5.74) is 5.12. The standard InChI is InChI=1S/C21H21N5OS/c1-28-21-23-11-15(12-24-21)13-26-9-6-16-2-3-19(10-18(16)14-26)25-20(27)17-4-7-22-8-5-17/h2-5,7-8,10-12H,6,9,13-14H2,1H3,(H,25,27). The third-order valence-corrected chi connectivity index (χ3v) is 5.34. The second-order valence-corrected chi connectivity index (χ2v) is 7.49. The molecule has 3 aromatic rings. The summed E-state index contributed by atoms with van der Waals surface area (Å²) in [6.45, 7) is 2.67. The topological polar surface area (TPSA) is 71.0 Å². The molecule has 0 saturated heterocycles. The van der Waals surface area contributed by atoms with Crippen LogP contribution in [0.1, 0.15) is 27.0 Å². The fraction of sp³-hybridized carbons (Fsp3) is 0.238. The van der Waals surface area contributed by atoms with Gasteiger partial charge in [-0.1, -0.05) is 17.8 Å². The van der Waals surface area contributed by atoms with Gasteiger partial charge in [-0.25, -0.2) is 9.97 Å². The van der Waals surface area contributed by atoms with E-state index in [1.165, 1.54) is 11.1 Å². The van der Waals surface area contributed by atoms with Crippen LogP contribution in [0.2, 0.25) is 0 Å². The summed E-state index contributed by atoms with van der Waals surface area (Å²) in [4.78, 5) is 27.4. The van der Waals surface area contributed by atoms with Crippen molar-refractivity contribution in [3.63, 3.8) is 0 Å². The first-order valence-corrected chi connectivity index (χ1v) is 10.3. The van der Waals surface area contributed by atoms with E-state index in [0.717, 1.165) is 42.5 Å². The van der Waals surface area contributed by atoms with Crippen LogP contribution < -0.4 is 5.32 Å². The average molecular weight is 392 g/mol. The molecular formula is C21H21N5OS. The Bertz CT molecular complexity index is 962. The number of nitrogens with one attached hydrogen (secondary N) is 1. The summed E-state index contributed by atoms with van der Waals surface area (Å²) >= 11 is 1.55. The van der Waals surface area contributed by atoms with Crippen molar-refractivity contribution in [2.45, 2.75) is 24.7 Å². The van der Waals surface area contributed by atoms with Crippen LogP contribution in [0, 0.1) is 0 Å². The van der Waals surface area contributed by atoms with Gasteiger partial charge in [0.25, 0.3) is 5.91 Å². The van der Waals surface area contributed by atoms with Crippen LogP contribution in [0.5, 0.6) is 0 Å². The van der Waals surface area contributed by atoms with Gasteiger partial charge in [-0.3, -0.25) is 14.7 Å². The number of hydrogen-bond acceptors (Lipinski definition) is 6. The van der Waals surface area contributed by atoms with E-state index in [9.17, 15) is 4.79 Å². The Morgan fingerprint density at radius 1 is 1.14 bits per heavy atom. The lowest BCUT2D eigenvalue weighted by molar-refractivity contribution is 0.102. The van der Waals surface area contributed by atoms with Crippen molar-refractivity contribution in [1.29, 1.82) is 0 Å². The number of thioether (sulfide) groups is 1. The third kappa shape index (κ3) is 4.37. The maximum absolute atomic E-state index is 12.4. The Balaban J connectivity index is 1.44. The number of carbonyl (C=O) groups is 1. The molecule has 142 valence electrons. The molecule has 3 heterocycles. The summed E-state index contributed by atoms with van der Waals surface area (Å²) in [6, 6.07) is 9.58. The van der Waals surface area contributed by atoms with Crippen LogP contribution in [-0.4, -0.2) is 38.6 Å². The van der Waals surface area contributed by atoms with Crippen LogP contribution >= 0.6 is 11.8 Å². The number of hydrogen-bond donors (Lipinski definition) is 1. The zero-order valence-electron chi connectivity index (χ0n) is 15.6. The van der Waals surface area contributed by atoms with E-state index in [0.29, 0.717) is 5.56 Å². The van der Waals surface area contributed by atoms with Crippen LogP contribution in [0.25, 0.3) is 0 Å². The predicted molar refractivity (Wildman–Crippen MR) is 110 cm³/mol. The number of rotatable bonds is 5. The molecule has 28 heavy (non-hydrogen) atoms. The second-order valence-electron chi connectivity index (χ2n) is 6.71. The van der Waals surface area contributed by atoms with Gasteiger partial charge in [0.2, 0.25) is 0 Å². The number of pyridine rings is 1. The molecule has 6 nitrogen and oxygen atoms in total. The van der Waals surface area contributed by atoms with Crippen molar-refractivity contribution in [3.05, 3.63) is 77.4 Å². The highest BCUT2D eigenvalue weighted by atomic mass is 32.2. The molecule has 0 radical (unpaired) electrons. The maximum Gasteiger partial charge on any atom is 0.255 e. The SMILES string of the molecule is CSc1ncc(CN2CCc3ccc(NC(=O)c4ccncc4)cc3C2)cn1. The van der Waals surface area contributed by atoms with Crippen molar-refractivity contribution in [1.82, 2.24) is 19.9 Å². The van der Waals surface area contributed by atoms with Crippen LogP contribution in [0.4, 0.5) is 5.69 Å². The first-order valence-electron chi connectivity index (χ1n) is 9.12. The molecule has 1 aromatic carbocycles. The maximum atomic E-state index is 12.4. The van der Waals surface area contributed by atoms with E-state index in [4.69, 9.17) is 0 Å². The number of fused-ring (bicyclic) bond motifs is 1. The fourth-order valence-electron chi connectivity index (χ4n) is 3.32. The largest absolute Gasteiger partial charge is 0.322 e. The molecule has 1 amide bonds. The normalized spacial score (nSPS) is 13.8. The summed E-state index contributed by atoms with van der Waals surface area (Å²) < 4.78 is 0. The quantitative estimate of drug-likeness (QED) is 0.531. The molecule has 0 saturated carbocycles. The molecule has 1 aliphatic heterocycles. The molecule has 0 aliphatic carbocycles. The minimum atomic E-state index is -0.124. The Kier molecular flexibility index (Phi) is 5.64. The van der Waals surface area contributed by atoms with Crippen molar-refractivity contribution in [2.24, 2.45) is 0 Å². The predicted octanol–water partition coefficient (Wildman–Crippen LogP) is 3.40. The Morgan fingerprint density at radius 2 is 1.93 bits per heavy atom. The summed E-state index contributed by atoms with van der Waals surface area (Å²) in [6.07, 6.45) is 10.0. The van der Waals surface area contributed by atoms with E-state index in [-0.39, 0.29) is 5.91 Å². The Labute approximate surface area is 168 Å². The van der Waals surface area contributed by atoms with Gasteiger partial charge in [-0.2, -0.15) is 0 Å². The molecular weight excluding hydrogens is 370 g/mol. The van der Waals surface area contributed by atoms with E-state index < -0.39 is 0 Å². The van der Waals surface area contributed by atoms with E-state index >= 15 is 0 Å². The number of carbonyl (C=O) groups excluding carboxylic acids is 1. The van der Waals surface area contributed by atoms with Gasteiger partial charge in [0.05, 0.1) is 0 Å². The van der Waals surface area contributed by atoms with Crippen molar-refractivity contribution >= 4 is 23.4 Å². The molecule has 0 unspecified atom stereocenters. The van der Waals surface area contributed by atoms with Gasteiger partial charge < -0.3 is 5.32 Å². The molecule has 0 spiro atoms. The lowest BCUT2D eigenvalue weighted by Gasteiger charge is -2.29. The van der Waals surface area contributed by atoms with Gasteiger partial charge in [0, 0.05) is 61.2 Å². The first-order chi connectivity index (χ1) is 13.7. The number of amides is 1. The molecule has 7 heteroatoms. The highest BCUT2D eigenvalue weighted by molar-refractivity contribution is 7.98. The van der Waals surface area contributed by atoms with E-state index in [1.54, 1.807) is 36.3 Å². The summed E-state index contributed by atoms with van der Waals surface area (Å²) in [7, 11) is 0. The monoisotopic (exact) mass is 391 g/mol. The smallest absolute Gasteiger partial charge is 0.255 e. The van der Waals surface area contributed by atoms with E-state index in [1.807, 2.05) is 24.7 Å². The van der Waals surface area contributed by atoms with E-state index in [2.05, 4.69) is 37.3 Å². The van der Waals surface area contributed by atoms with Gasteiger partial charge in [0.15, 0.2) is 5.16 Å². The molecule has 1 N–H and O–H groups in total. The summed E-state index contributed by atoms with van der Waals surface area (Å²) in [5, 5.41) is 3.77. The lowest BCUT2D eigenvalue weighted by atomic mass is 9.98. The van der Waals surface area contributed by atoms with Gasteiger partial charge >= 0.3 is 0 Å². The highest BCUT2D eigenvalue weighted by Crippen LogP contribution is 2.24. The van der Waals surface area contributed by atoms with Gasteiger partial charge in [-0.15, -0.1) is 0 Å². The fourth-order valence-corrected chi connectivity index (χ4v) is 3.64. The van der Waals surface area contributed by atoms with Crippen molar-refractivity contribution < 1.29 is 4.79 Å². The molecule has 1 aliphatic rings. The average Bonchev–Trinajstić information content (AvgIpc) is 2.74. The van der Waals surface area contributed by atoms with Crippen molar-refractivity contribution in [3.8, 4) is 0 Å². The van der Waals surface area contributed by atoms with Crippen LogP contribution in [0.15, 0.2) is 60.3 Å². The van der Waals surface area contributed by atoms with Crippen molar-refractivity contribution in [2.75, 3.05) is 18.1 Å². The highest BCUT2D eigenvalue weighted by Gasteiger charge is 2.17. The zero-order chi connectivity index (χ0) is 19.3. The number of nitrogens with zero attached hydrogens (tertiary/aromatic N) is 4. The van der Waals surface area contributed by atoms with Gasteiger partial charge in [0.1, 0.15) is 0 Å².